The van der Waals surface area contributed by atoms with Gasteiger partial charge < -0.3 is 23.9 Å². The first kappa shape index (κ1) is 20.2. The molecule has 0 aliphatic rings. The Balaban J connectivity index is 1.65. The molecule has 0 fully saturated rings. The van der Waals surface area contributed by atoms with Gasteiger partial charge in [-0.25, -0.2) is 0 Å². The third-order valence-corrected chi connectivity index (χ3v) is 4.07. The van der Waals surface area contributed by atoms with E-state index in [1.54, 1.807) is 38.3 Å². The van der Waals surface area contributed by atoms with E-state index in [0.29, 0.717) is 28.5 Å². The number of carbonyl (C=O) groups excluding carboxylic acids is 1. The summed E-state index contributed by atoms with van der Waals surface area (Å²) in [5, 5.41) is 2.63. The Morgan fingerprint density at radius 1 is 1.03 bits per heavy atom. The van der Waals surface area contributed by atoms with Crippen molar-refractivity contribution in [2.24, 2.45) is 0 Å². The Hall–Kier alpha value is -3.55. The van der Waals surface area contributed by atoms with Gasteiger partial charge >= 0.3 is 6.61 Å². The Kier molecular flexibility index (Phi) is 6.33. The van der Waals surface area contributed by atoms with E-state index in [-0.39, 0.29) is 18.1 Å². The van der Waals surface area contributed by atoms with E-state index in [2.05, 4.69) is 10.1 Å². The number of amides is 1. The monoisotopic (exact) mass is 403 g/mol. The van der Waals surface area contributed by atoms with Crippen LogP contribution in [0.5, 0.6) is 17.2 Å². The minimum absolute atomic E-state index is 0.0110. The Morgan fingerprint density at radius 2 is 1.76 bits per heavy atom. The van der Waals surface area contributed by atoms with E-state index < -0.39 is 12.5 Å². The zero-order valence-electron chi connectivity index (χ0n) is 15.8. The first-order valence-electron chi connectivity index (χ1n) is 8.68. The number of hydrogen-bond donors (Lipinski definition) is 1. The molecule has 6 nitrogen and oxygen atoms in total. The maximum atomic E-state index is 12.5. The van der Waals surface area contributed by atoms with E-state index in [1.807, 2.05) is 12.1 Å². The molecule has 0 aliphatic carbocycles. The van der Waals surface area contributed by atoms with E-state index in [4.69, 9.17) is 13.9 Å². The summed E-state index contributed by atoms with van der Waals surface area (Å²) < 4.78 is 45.7. The van der Waals surface area contributed by atoms with Crippen molar-refractivity contribution in [3.05, 3.63) is 71.7 Å². The summed E-state index contributed by atoms with van der Waals surface area (Å²) in [4.78, 5) is 12.4. The fourth-order valence-corrected chi connectivity index (χ4v) is 2.62. The number of hydrogen-bond acceptors (Lipinski definition) is 5. The molecule has 29 heavy (non-hydrogen) atoms. The molecule has 0 aliphatic heterocycles. The van der Waals surface area contributed by atoms with Crippen LogP contribution < -0.4 is 19.5 Å². The lowest BCUT2D eigenvalue weighted by atomic mass is 10.1. The second-order valence-corrected chi connectivity index (χ2v) is 5.97. The second-order valence-electron chi connectivity index (χ2n) is 5.97. The summed E-state index contributed by atoms with van der Waals surface area (Å²) >= 11 is 0. The van der Waals surface area contributed by atoms with Crippen molar-refractivity contribution in [1.29, 1.82) is 0 Å². The number of anilines is 1. The number of methoxy groups -OCH3 is 1. The SMILES string of the molecule is COc1ccccc1OCc1ccc(C(=O)Nc2cccc(OC(F)F)c2C)o1. The van der Waals surface area contributed by atoms with Gasteiger partial charge in [-0.2, -0.15) is 8.78 Å². The van der Waals surface area contributed by atoms with Gasteiger partial charge in [0.15, 0.2) is 17.3 Å². The van der Waals surface area contributed by atoms with Crippen molar-refractivity contribution in [3.8, 4) is 17.2 Å². The third kappa shape index (κ3) is 5.04. The van der Waals surface area contributed by atoms with Gasteiger partial charge in [-0.05, 0) is 43.3 Å². The minimum atomic E-state index is -2.95. The highest BCUT2D eigenvalue weighted by molar-refractivity contribution is 6.02. The Bertz CT molecular complexity index is 987. The molecule has 1 N–H and O–H groups in total. The molecule has 0 radical (unpaired) electrons. The van der Waals surface area contributed by atoms with Gasteiger partial charge in [0.2, 0.25) is 0 Å². The summed E-state index contributed by atoms with van der Waals surface area (Å²) in [5.41, 5.74) is 0.726. The van der Waals surface area contributed by atoms with Crippen molar-refractivity contribution in [1.82, 2.24) is 0 Å². The van der Waals surface area contributed by atoms with Crippen LogP contribution >= 0.6 is 0 Å². The lowest BCUT2D eigenvalue weighted by Gasteiger charge is -2.12. The Morgan fingerprint density at radius 3 is 2.48 bits per heavy atom. The van der Waals surface area contributed by atoms with Gasteiger partial charge in [0.25, 0.3) is 5.91 Å². The number of halogens is 2. The van der Waals surface area contributed by atoms with Gasteiger partial charge in [0.1, 0.15) is 18.1 Å². The van der Waals surface area contributed by atoms with Crippen molar-refractivity contribution in [2.75, 3.05) is 12.4 Å². The van der Waals surface area contributed by atoms with Crippen LogP contribution in [0.4, 0.5) is 14.5 Å². The molecule has 1 aromatic heterocycles. The van der Waals surface area contributed by atoms with Crippen molar-refractivity contribution in [3.63, 3.8) is 0 Å². The van der Waals surface area contributed by atoms with Crippen LogP contribution in [0.1, 0.15) is 21.9 Å². The van der Waals surface area contributed by atoms with Gasteiger partial charge in [-0.1, -0.05) is 18.2 Å². The van der Waals surface area contributed by atoms with Crippen LogP contribution in [0.25, 0.3) is 0 Å². The lowest BCUT2D eigenvalue weighted by molar-refractivity contribution is -0.0502. The number of alkyl halides is 2. The molecule has 0 bridgehead atoms. The second kappa shape index (κ2) is 9.09. The fraction of sp³-hybridized carbons (Fsp3) is 0.190. The quantitative estimate of drug-likeness (QED) is 0.571. The van der Waals surface area contributed by atoms with Crippen LogP contribution in [0.3, 0.4) is 0 Å². The van der Waals surface area contributed by atoms with Crippen molar-refractivity contribution in [2.45, 2.75) is 20.1 Å². The number of carbonyl (C=O) groups is 1. The standard InChI is InChI=1S/C21H19F2NO5/c1-13-15(6-5-9-16(13)29-21(22)23)24-20(25)19-11-10-14(28-19)12-27-18-8-4-3-7-17(18)26-2/h3-11,21H,12H2,1-2H3,(H,24,25). The number of benzene rings is 2. The topological polar surface area (TPSA) is 69.9 Å². The summed E-state index contributed by atoms with van der Waals surface area (Å²) in [7, 11) is 1.54. The summed E-state index contributed by atoms with van der Waals surface area (Å²) in [5.74, 6) is 1.09. The van der Waals surface area contributed by atoms with E-state index in [0.717, 1.165) is 0 Å². The molecular formula is C21H19F2NO5. The summed E-state index contributed by atoms with van der Waals surface area (Å²) in [6.07, 6.45) is 0. The number of furan rings is 1. The first-order chi connectivity index (χ1) is 14.0. The van der Waals surface area contributed by atoms with E-state index in [1.165, 1.54) is 18.2 Å². The number of ether oxygens (including phenoxy) is 3. The summed E-state index contributed by atoms with van der Waals surface area (Å²) in [6, 6.07) is 14.8. The molecule has 0 saturated carbocycles. The van der Waals surface area contributed by atoms with Gasteiger partial charge in [0, 0.05) is 11.3 Å². The van der Waals surface area contributed by atoms with Crippen molar-refractivity contribution >= 4 is 11.6 Å². The van der Waals surface area contributed by atoms with Gasteiger partial charge in [-0.3, -0.25) is 4.79 Å². The van der Waals surface area contributed by atoms with Crippen LogP contribution in [0.2, 0.25) is 0 Å². The molecule has 1 amide bonds. The highest BCUT2D eigenvalue weighted by Gasteiger charge is 2.16. The first-order valence-corrected chi connectivity index (χ1v) is 8.68. The smallest absolute Gasteiger partial charge is 0.387 e. The largest absolute Gasteiger partial charge is 0.493 e. The lowest BCUT2D eigenvalue weighted by Crippen LogP contribution is -2.13. The number of nitrogens with one attached hydrogen (secondary N) is 1. The van der Waals surface area contributed by atoms with Crippen LogP contribution in [-0.4, -0.2) is 19.6 Å². The number of rotatable bonds is 8. The molecule has 1 heterocycles. The predicted molar refractivity (Wildman–Crippen MR) is 102 cm³/mol. The van der Waals surface area contributed by atoms with Gasteiger partial charge in [-0.15, -0.1) is 0 Å². The maximum absolute atomic E-state index is 12.5. The fourth-order valence-electron chi connectivity index (χ4n) is 2.62. The van der Waals surface area contributed by atoms with Crippen molar-refractivity contribution < 1.29 is 32.2 Å². The Labute approximate surface area is 166 Å². The van der Waals surface area contributed by atoms with Crippen LogP contribution in [0.15, 0.2) is 59.0 Å². The average molecular weight is 403 g/mol. The third-order valence-electron chi connectivity index (χ3n) is 4.07. The summed E-state index contributed by atoms with van der Waals surface area (Å²) in [6.45, 7) is -1.28. The average Bonchev–Trinajstić information content (AvgIpc) is 3.18. The molecule has 152 valence electrons. The highest BCUT2D eigenvalue weighted by atomic mass is 19.3. The van der Waals surface area contributed by atoms with E-state index >= 15 is 0 Å². The molecule has 0 unspecified atom stereocenters. The molecule has 3 rings (SSSR count). The zero-order chi connectivity index (χ0) is 20.8. The highest BCUT2D eigenvalue weighted by Crippen LogP contribution is 2.28. The molecule has 0 atom stereocenters. The maximum Gasteiger partial charge on any atom is 0.387 e. The molecular weight excluding hydrogens is 384 g/mol. The molecule has 0 saturated heterocycles. The molecule has 0 spiro atoms. The zero-order valence-corrected chi connectivity index (χ0v) is 15.8. The minimum Gasteiger partial charge on any atom is -0.493 e. The van der Waals surface area contributed by atoms with Crippen LogP contribution in [-0.2, 0) is 6.61 Å². The molecule has 2 aromatic carbocycles. The number of para-hydroxylation sites is 2. The molecule has 3 aromatic rings. The predicted octanol–water partition coefficient (Wildman–Crippen LogP) is 5.03. The normalized spacial score (nSPS) is 10.7. The van der Waals surface area contributed by atoms with Gasteiger partial charge in [0.05, 0.1) is 7.11 Å². The van der Waals surface area contributed by atoms with Crippen LogP contribution in [0, 0.1) is 6.92 Å². The van der Waals surface area contributed by atoms with E-state index in [9.17, 15) is 13.6 Å². The molecule has 8 heteroatoms.